The quantitative estimate of drug-likeness (QED) is 0.283. The monoisotopic (exact) mass is 400 g/mol. The molecule has 140 valence electrons. The molecule has 0 spiro atoms. The smallest absolute Gasteiger partial charge is 0.354 e. The van der Waals surface area contributed by atoms with E-state index < -0.39 is 41.2 Å². The van der Waals surface area contributed by atoms with Gasteiger partial charge in [-0.15, -0.1) is 11.6 Å². The number of halogens is 3. The molecule has 0 aliphatic carbocycles. The number of fused-ring (bicyclic) bond motifs is 1. The van der Waals surface area contributed by atoms with Crippen LogP contribution in [0, 0.1) is 0 Å². The van der Waals surface area contributed by atoms with E-state index in [-0.39, 0.29) is 29.9 Å². The number of β-lactam (4-membered cyclic amide) rings is 1. The summed E-state index contributed by atoms with van der Waals surface area (Å²) < 4.78 is 39.6. The summed E-state index contributed by atoms with van der Waals surface area (Å²) in [6.07, 6.45) is -1.15. The first-order valence-corrected chi connectivity index (χ1v) is 8.48. The predicted molar refractivity (Wildman–Crippen MR) is 82.7 cm³/mol. The Morgan fingerprint density at radius 3 is 2.72 bits per heavy atom. The van der Waals surface area contributed by atoms with Crippen LogP contribution in [0.3, 0.4) is 0 Å². The third-order valence-electron chi connectivity index (χ3n) is 3.64. The van der Waals surface area contributed by atoms with Gasteiger partial charge in [0, 0.05) is 18.6 Å². The van der Waals surface area contributed by atoms with Crippen molar-refractivity contribution in [2.75, 3.05) is 32.5 Å². The second kappa shape index (κ2) is 7.85. The second-order valence-corrected chi connectivity index (χ2v) is 6.22. The third-order valence-corrected chi connectivity index (χ3v) is 4.64. The van der Waals surface area contributed by atoms with Gasteiger partial charge in [0.2, 0.25) is 5.91 Å². The number of nitrogens with zero attached hydrogens (tertiary/aromatic N) is 1. The van der Waals surface area contributed by atoms with Crippen LogP contribution in [0.5, 0.6) is 0 Å². The largest absolute Gasteiger partial charge is 0.464 e. The van der Waals surface area contributed by atoms with Gasteiger partial charge >= 0.3 is 5.97 Å². The Labute approximate surface area is 150 Å². The van der Waals surface area contributed by atoms with Crippen LogP contribution >= 0.6 is 23.4 Å². The Morgan fingerprint density at radius 2 is 2.20 bits per heavy atom. The van der Waals surface area contributed by atoms with Crippen molar-refractivity contribution >= 4 is 41.1 Å². The molecule has 2 heterocycles. The molecule has 0 aromatic heterocycles. The van der Waals surface area contributed by atoms with Gasteiger partial charge in [0.15, 0.2) is 6.23 Å². The van der Waals surface area contributed by atoms with Crippen LogP contribution in [0.1, 0.15) is 0 Å². The van der Waals surface area contributed by atoms with Gasteiger partial charge in [-0.05, 0) is 0 Å². The fourth-order valence-corrected chi connectivity index (χ4v) is 3.07. The molecule has 2 rings (SSSR count). The van der Waals surface area contributed by atoms with E-state index in [9.17, 15) is 23.2 Å². The number of rotatable bonds is 7. The van der Waals surface area contributed by atoms with E-state index in [1.165, 1.54) is 0 Å². The molecule has 1 saturated heterocycles. The summed E-state index contributed by atoms with van der Waals surface area (Å²) in [6.45, 7) is -0.0882. The second-order valence-electron chi connectivity index (χ2n) is 4.98. The van der Waals surface area contributed by atoms with Crippen LogP contribution in [0.25, 0.3) is 0 Å². The molecule has 0 aromatic rings. The number of amides is 2. The number of hydrogen-bond acceptors (Lipinski definition) is 7. The van der Waals surface area contributed by atoms with Crippen molar-refractivity contribution in [2.45, 2.75) is 17.7 Å². The molecule has 12 heteroatoms. The number of hydrogen-bond donors (Lipinski definition) is 1. The summed E-state index contributed by atoms with van der Waals surface area (Å²) in [6, 6.07) is 0. The lowest BCUT2D eigenvalue weighted by molar-refractivity contribution is -0.258. The molecule has 0 unspecified atom stereocenters. The van der Waals surface area contributed by atoms with Crippen molar-refractivity contribution in [3.8, 4) is 0 Å². The van der Waals surface area contributed by atoms with Crippen LogP contribution in [-0.4, -0.2) is 72.9 Å². The fraction of sp³-hybridized carbons (Fsp3) is 0.615. The normalized spacial score (nSPS) is 25.6. The van der Waals surface area contributed by atoms with Crippen molar-refractivity contribution in [1.29, 1.82) is 0 Å². The Hall–Kier alpha value is -1.43. The molecule has 25 heavy (non-hydrogen) atoms. The molecule has 8 nitrogen and oxygen atoms in total. The topological polar surface area (TPSA) is 94.2 Å². The number of methoxy groups -OCH3 is 2. The van der Waals surface area contributed by atoms with Crippen molar-refractivity contribution in [3.05, 3.63) is 11.3 Å². The molecule has 2 atom stereocenters. The van der Waals surface area contributed by atoms with Crippen molar-refractivity contribution in [3.63, 3.8) is 0 Å². The number of thioether (sulfide) groups is 1. The van der Waals surface area contributed by atoms with Crippen LogP contribution in [0.2, 0.25) is 0 Å². The van der Waals surface area contributed by atoms with E-state index in [2.05, 4.69) is 10.1 Å². The molecule has 0 saturated carbocycles. The van der Waals surface area contributed by atoms with Crippen LogP contribution in [0.15, 0.2) is 11.3 Å². The van der Waals surface area contributed by atoms with E-state index in [1.54, 1.807) is 0 Å². The summed E-state index contributed by atoms with van der Waals surface area (Å²) in [5, 5.41) is 2.26. The zero-order valence-corrected chi connectivity index (χ0v) is 14.8. The Morgan fingerprint density at radius 1 is 1.52 bits per heavy atom. The minimum absolute atomic E-state index is 0.0711. The lowest BCUT2D eigenvalue weighted by Gasteiger charge is -2.55. The number of carbonyl (C=O) groups excluding carboxylic acids is 3. The first-order valence-electron chi connectivity index (χ1n) is 6.89. The molecule has 1 fully saturated rings. The zero-order valence-electron chi connectivity index (χ0n) is 13.2. The molecular formula is C13H15ClF2N2O6S. The van der Waals surface area contributed by atoms with Crippen LogP contribution < -0.4 is 5.32 Å². The Kier molecular flexibility index (Phi) is 6.25. The fourth-order valence-electron chi connectivity index (χ4n) is 2.51. The molecular weight excluding hydrogens is 386 g/mol. The summed E-state index contributed by atoms with van der Waals surface area (Å²) in [7, 11) is 2.29. The average Bonchev–Trinajstić information content (AvgIpc) is 2.61. The highest BCUT2D eigenvalue weighted by Crippen LogP contribution is 2.40. The van der Waals surface area contributed by atoms with Gasteiger partial charge in [0.05, 0.1) is 19.5 Å². The van der Waals surface area contributed by atoms with Crippen molar-refractivity contribution in [2.24, 2.45) is 0 Å². The first kappa shape index (κ1) is 19.9. The van der Waals surface area contributed by atoms with Crippen molar-refractivity contribution < 1.29 is 37.4 Å². The summed E-state index contributed by atoms with van der Waals surface area (Å²) in [4.78, 5) is 37.3. The molecule has 0 radical (unpaired) electrons. The standard InChI is InChI=1S/C13H15ClF2N2O6S/c1-22-9(20)8-6(3-14)4-24-11-13(23-2,10(21)18(8)11)17-7(19)5-25-12(15)16/h11-12H,3-5H2,1-2H3,(H,17,19)/t11-,13+/m1/s1. The van der Waals surface area contributed by atoms with E-state index in [0.29, 0.717) is 5.57 Å². The van der Waals surface area contributed by atoms with Crippen LogP contribution in [0.4, 0.5) is 8.78 Å². The maximum Gasteiger partial charge on any atom is 0.354 e. The number of ether oxygens (including phenoxy) is 3. The molecule has 2 aliphatic heterocycles. The molecule has 0 aromatic carbocycles. The summed E-state index contributed by atoms with van der Waals surface area (Å²) >= 11 is 5.86. The molecule has 2 amide bonds. The van der Waals surface area contributed by atoms with E-state index in [0.717, 1.165) is 19.1 Å². The van der Waals surface area contributed by atoms with E-state index in [1.807, 2.05) is 0 Å². The maximum atomic E-state index is 12.6. The Bertz CT molecular complexity index is 619. The van der Waals surface area contributed by atoms with Crippen molar-refractivity contribution in [1.82, 2.24) is 10.2 Å². The van der Waals surface area contributed by atoms with E-state index in [4.69, 9.17) is 21.1 Å². The Balaban J connectivity index is 2.23. The highest BCUT2D eigenvalue weighted by atomic mass is 35.5. The predicted octanol–water partition coefficient (Wildman–Crippen LogP) is 0.265. The number of nitrogens with one attached hydrogen (secondary N) is 1. The molecule has 2 aliphatic rings. The lowest BCUT2D eigenvalue weighted by Crippen LogP contribution is -2.82. The van der Waals surface area contributed by atoms with Gasteiger partial charge in [-0.25, -0.2) is 4.79 Å². The van der Waals surface area contributed by atoms with Gasteiger partial charge in [-0.1, -0.05) is 11.8 Å². The third kappa shape index (κ3) is 3.46. The van der Waals surface area contributed by atoms with Gasteiger partial charge < -0.3 is 19.5 Å². The maximum absolute atomic E-state index is 12.6. The number of esters is 1. The van der Waals surface area contributed by atoms with Gasteiger partial charge in [-0.3, -0.25) is 14.5 Å². The molecule has 0 bridgehead atoms. The summed E-state index contributed by atoms with van der Waals surface area (Å²) in [5.41, 5.74) is -1.65. The average molecular weight is 401 g/mol. The minimum atomic E-state index is -2.73. The number of carbonyl (C=O) groups is 3. The minimum Gasteiger partial charge on any atom is -0.464 e. The van der Waals surface area contributed by atoms with Gasteiger partial charge in [0.1, 0.15) is 5.70 Å². The first-order chi connectivity index (χ1) is 11.8. The van der Waals surface area contributed by atoms with Gasteiger partial charge in [-0.2, -0.15) is 8.78 Å². The highest BCUT2D eigenvalue weighted by Gasteiger charge is 2.67. The zero-order chi connectivity index (χ0) is 18.8. The van der Waals surface area contributed by atoms with Gasteiger partial charge in [0.25, 0.3) is 17.4 Å². The van der Waals surface area contributed by atoms with E-state index >= 15 is 0 Å². The number of alkyl halides is 3. The lowest BCUT2D eigenvalue weighted by atomic mass is 9.94. The highest BCUT2D eigenvalue weighted by molar-refractivity contribution is 8.00. The van der Waals surface area contributed by atoms with Crippen LogP contribution in [-0.2, 0) is 28.6 Å². The molecule has 1 N–H and O–H groups in total. The summed E-state index contributed by atoms with van der Waals surface area (Å²) in [5.74, 6) is -5.80. The SMILES string of the molecule is COC(=O)C1=C(CCl)CO[C@H]2N1C(=O)[C@]2(NC(=O)CSC(F)F)OC.